The summed E-state index contributed by atoms with van der Waals surface area (Å²) in [7, 11) is 0. The molecule has 1 fully saturated rings. The standard InChI is InChI=1S/C13H16O4/c1-9-8-12(15-10(9)2)17-13(14)16-11-6-4-3-5-7-11/h3-7,9-10,12H,8H2,1-2H3/t9-,10?,12?/m0/s1. The van der Waals surface area contributed by atoms with Crippen molar-refractivity contribution in [1.82, 2.24) is 0 Å². The van der Waals surface area contributed by atoms with Crippen LogP contribution in [-0.4, -0.2) is 18.5 Å². The molecule has 4 heteroatoms. The van der Waals surface area contributed by atoms with Crippen molar-refractivity contribution in [2.75, 3.05) is 0 Å². The zero-order valence-corrected chi connectivity index (χ0v) is 9.96. The second kappa shape index (κ2) is 5.19. The van der Waals surface area contributed by atoms with Crippen LogP contribution in [-0.2, 0) is 9.47 Å². The Morgan fingerprint density at radius 1 is 1.29 bits per heavy atom. The van der Waals surface area contributed by atoms with E-state index in [2.05, 4.69) is 6.92 Å². The lowest BCUT2D eigenvalue weighted by Crippen LogP contribution is -2.20. The van der Waals surface area contributed by atoms with E-state index in [0.717, 1.165) is 0 Å². The van der Waals surface area contributed by atoms with Gasteiger partial charge in [-0.2, -0.15) is 0 Å². The van der Waals surface area contributed by atoms with Crippen molar-refractivity contribution in [3.8, 4) is 5.75 Å². The Labute approximate surface area is 100 Å². The van der Waals surface area contributed by atoms with Crippen LogP contribution in [0.5, 0.6) is 5.75 Å². The molecule has 1 heterocycles. The molecule has 0 saturated carbocycles. The third-order valence-corrected chi connectivity index (χ3v) is 2.90. The minimum Gasteiger partial charge on any atom is -0.404 e. The Bertz CT molecular complexity index is 366. The van der Waals surface area contributed by atoms with Crippen molar-refractivity contribution in [2.45, 2.75) is 32.7 Å². The second-order valence-corrected chi connectivity index (χ2v) is 4.27. The third kappa shape index (κ3) is 3.20. The van der Waals surface area contributed by atoms with Crippen LogP contribution in [0.4, 0.5) is 4.79 Å². The van der Waals surface area contributed by atoms with Crippen LogP contribution < -0.4 is 4.74 Å². The zero-order chi connectivity index (χ0) is 12.3. The van der Waals surface area contributed by atoms with Gasteiger partial charge < -0.3 is 14.2 Å². The SMILES string of the molecule is CC1OC(OC(=O)Oc2ccccc2)C[C@@H]1C. The molecule has 1 aromatic carbocycles. The van der Waals surface area contributed by atoms with Gasteiger partial charge in [0.15, 0.2) is 0 Å². The lowest BCUT2D eigenvalue weighted by molar-refractivity contribution is -0.102. The van der Waals surface area contributed by atoms with Crippen LogP contribution in [0.2, 0.25) is 0 Å². The Kier molecular flexibility index (Phi) is 3.64. The molecular formula is C13H16O4. The summed E-state index contributed by atoms with van der Waals surface area (Å²) in [4.78, 5) is 11.5. The number of hydrogen-bond acceptors (Lipinski definition) is 4. The molecule has 0 amide bonds. The molecule has 1 aliphatic heterocycles. The Hall–Kier alpha value is -1.55. The second-order valence-electron chi connectivity index (χ2n) is 4.27. The van der Waals surface area contributed by atoms with Crippen LogP contribution >= 0.6 is 0 Å². The molecule has 0 aromatic heterocycles. The number of carbonyl (C=O) groups excluding carboxylic acids is 1. The van der Waals surface area contributed by atoms with E-state index in [1.54, 1.807) is 24.3 Å². The highest BCUT2D eigenvalue weighted by molar-refractivity contribution is 5.63. The van der Waals surface area contributed by atoms with Crippen LogP contribution in [0.3, 0.4) is 0 Å². The smallest absolute Gasteiger partial charge is 0.404 e. The lowest BCUT2D eigenvalue weighted by atomic mass is 10.1. The van der Waals surface area contributed by atoms with Crippen molar-refractivity contribution in [3.05, 3.63) is 30.3 Å². The quantitative estimate of drug-likeness (QED) is 0.585. The molecular weight excluding hydrogens is 220 g/mol. The van der Waals surface area contributed by atoms with E-state index < -0.39 is 12.4 Å². The molecule has 0 bridgehead atoms. The molecule has 3 atom stereocenters. The molecule has 1 saturated heterocycles. The van der Waals surface area contributed by atoms with E-state index >= 15 is 0 Å². The number of para-hydroxylation sites is 1. The largest absolute Gasteiger partial charge is 0.516 e. The van der Waals surface area contributed by atoms with Crippen LogP contribution in [0, 0.1) is 5.92 Å². The maximum atomic E-state index is 11.5. The Morgan fingerprint density at radius 2 is 2.00 bits per heavy atom. The molecule has 2 rings (SSSR count). The van der Waals surface area contributed by atoms with Gasteiger partial charge in [0.1, 0.15) is 5.75 Å². The van der Waals surface area contributed by atoms with Gasteiger partial charge in [-0.1, -0.05) is 25.1 Å². The molecule has 17 heavy (non-hydrogen) atoms. The van der Waals surface area contributed by atoms with Gasteiger partial charge in [0.25, 0.3) is 0 Å². The van der Waals surface area contributed by atoms with Gasteiger partial charge in [0.05, 0.1) is 6.10 Å². The highest BCUT2D eigenvalue weighted by atomic mass is 16.8. The minimum atomic E-state index is -0.720. The number of benzene rings is 1. The topological polar surface area (TPSA) is 44.8 Å². The molecule has 2 unspecified atom stereocenters. The molecule has 0 aliphatic carbocycles. The van der Waals surface area contributed by atoms with Crippen LogP contribution in [0.1, 0.15) is 20.3 Å². The highest BCUT2D eigenvalue weighted by Gasteiger charge is 2.31. The van der Waals surface area contributed by atoms with Gasteiger partial charge in [0.2, 0.25) is 6.29 Å². The molecule has 0 N–H and O–H groups in total. The van der Waals surface area contributed by atoms with Gasteiger partial charge in [0, 0.05) is 6.42 Å². The van der Waals surface area contributed by atoms with Gasteiger partial charge in [-0.15, -0.1) is 0 Å². The fourth-order valence-corrected chi connectivity index (χ4v) is 1.72. The van der Waals surface area contributed by atoms with E-state index in [0.29, 0.717) is 18.1 Å². The fraction of sp³-hybridized carbons (Fsp3) is 0.462. The van der Waals surface area contributed by atoms with E-state index in [1.807, 2.05) is 13.0 Å². The maximum absolute atomic E-state index is 11.5. The summed E-state index contributed by atoms with van der Waals surface area (Å²) < 4.78 is 15.5. The zero-order valence-electron chi connectivity index (χ0n) is 9.96. The number of hydrogen-bond donors (Lipinski definition) is 0. The maximum Gasteiger partial charge on any atom is 0.516 e. The molecule has 92 valence electrons. The summed E-state index contributed by atoms with van der Waals surface area (Å²) in [6, 6.07) is 8.82. The summed E-state index contributed by atoms with van der Waals surface area (Å²) in [5.41, 5.74) is 0. The monoisotopic (exact) mass is 236 g/mol. The predicted octanol–water partition coefficient (Wildman–Crippen LogP) is 2.97. The van der Waals surface area contributed by atoms with E-state index in [4.69, 9.17) is 14.2 Å². The van der Waals surface area contributed by atoms with Crippen molar-refractivity contribution in [2.24, 2.45) is 5.92 Å². The van der Waals surface area contributed by atoms with Gasteiger partial charge in [-0.05, 0) is 25.0 Å². The Morgan fingerprint density at radius 3 is 2.59 bits per heavy atom. The van der Waals surface area contributed by atoms with Gasteiger partial charge in [-0.25, -0.2) is 4.79 Å². The minimum absolute atomic E-state index is 0.115. The molecule has 1 aliphatic rings. The summed E-state index contributed by atoms with van der Waals surface area (Å²) in [6.07, 6.45) is -0.381. The average Bonchev–Trinajstić information content (AvgIpc) is 2.59. The van der Waals surface area contributed by atoms with E-state index in [1.165, 1.54) is 0 Å². The molecule has 1 aromatic rings. The third-order valence-electron chi connectivity index (χ3n) is 2.90. The van der Waals surface area contributed by atoms with Crippen molar-refractivity contribution < 1.29 is 19.0 Å². The van der Waals surface area contributed by atoms with Gasteiger partial charge in [-0.3, -0.25) is 0 Å². The first-order chi connectivity index (χ1) is 8.15. The predicted molar refractivity (Wildman–Crippen MR) is 61.7 cm³/mol. The van der Waals surface area contributed by atoms with Gasteiger partial charge >= 0.3 is 6.16 Å². The summed E-state index contributed by atoms with van der Waals surface area (Å²) in [5, 5.41) is 0. The molecule has 4 nitrogen and oxygen atoms in total. The first-order valence-corrected chi connectivity index (χ1v) is 5.74. The van der Waals surface area contributed by atoms with Crippen LogP contribution in [0.25, 0.3) is 0 Å². The summed E-state index contributed by atoms with van der Waals surface area (Å²) in [6.45, 7) is 4.03. The van der Waals surface area contributed by atoms with E-state index in [9.17, 15) is 4.79 Å². The average molecular weight is 236 g/mol. The molecule has 0 radical (unpaired) electrons. The van der Waals surface area contributed by atoms with Crippen molar-refractivity contribution in [3.63, 3.8) is 0 Å². The van der Waals surface area contributed by atoms with E-state index in [-0.39, 0.29) is 6.10 Å². The van der Waals surface area contributed by atoms with Crippen molar-refractivity contribution >= 4 is 6.16 Å². The first-order valence-electron chi connectivity index (χ1n) is 5.74. The molecule has 0 spiro atoms. The summed E-state index contributed by atoms with van der Waals surface area (Å²) >= 11 is 0. The normalized spacial score (nSPS) is 27.8. The first kappa shape index (κ1) is 11.9. The Balaban J connectivity index is 1.82. The fourth-order valence-electron chi connectivity index (χ4n) is 1.72. The van der Waals surface area contributed by atoms with Crippen molar-refractivity contribution in [1.29, 1.82) is 0 Å². The number of carbonyl (C=O) groups is 1. The number of ether oxygens (including phenoxy) is 3. The lowest BCUT2D eigenvalue weighted by Gasteiger charge is -2.11. The van der Waals surface area contributed by atoms with Crippen LogP contribution in [0.15, 0.2) is 30.3 Å². The highest BCUT2D eigenvalue weighted by Crippen LogP contribution is 2.26. The summed E-state index contributed by atoms with van der Waals surface area (Å²) in [5.74, 6) is 0.862. The number of rotatable bonds is 2.